The van der Waals surface area contributed by atoms with Crippen molar-refractivity contribution in [2.24, 2.45) is 0 Å². The second-order valence-electron chi connectivity index (χ2n) is 7.96. The highest BCUT2D eigenvalue weighted by Crippen LogP contribution is 2.39. The van der Waals surface area contributed by atoms with E-state index < -0.39 is 0 Å². The number of aromatic nitrogens is 2. The molecule has 6 heteroatoms. The number of carbonyl (C=O) groups excluding carboxylic acids is 1. The van der Waals surface area contributed by atoms with Gasteiger partial charge >= 0.3 is 5.97 Å². The summed E-state index contributed by atoms with van der Waals surface area (Å²) in [4.78, 5) is 18.0. The minimum absolute atomic E-state index is 0.288. The molecule has 0 amide bonds. The second-order valence-corrected chi connectivity index (χ2v) is 8.40. The Balaban J connectivity index is 1.67. The largest absolute Gasteiger partial charge is 0.462 e. The molecule has 1 aromatic heterocycles. The number of para-hydroxylation sites is 2. The summed E-state index contributed by atoms with van der Waals surface area (Å²) < 4.78 is 7.79. The highest BCUT2D eigenvalue weighted by molar-refractivity contribution is 6.30. The molecule has 3 aromatic rings. The standard InChI is InChI=1S/C25H28ClN3O2/c1-3-4-5-6-9-16-31-24(30)22-17(2)27-25-28-20-10-7-8-11-21(20)29(25)23(22)18-12-14-19(26)15-13-18/h7-8,10-15,23H,3-6,9,16H2,1-2H3,(H,27,28)/t23-/m1/s1. The van der Waals surface area contributed by atoms with Crippen molar-refractivity contribution in [3.63, 3.8) is 0 Å². The molecule has 0 aliphatic carbocycles. The van der Waals surface area contributed by atoms with Gasteiger partial charge in [0.2, 0.25) is 5.95 Å². The first-order valence-electron chi connectivity index (χ1n) is 11.0. The molecule has 1 aliphatic heterocycles. The summed E-state index contributed by atoms with van der Waals surface area (Å²) in [5.41, 5.74) is 4.17. The van der Waals surface area contributed by atoms with Gasteiger partial charge in [0.15, 0.2) is 0 Å². The number of halogens is 1. The lowest BCUT2D eigenvalue weighted by Gasteiger charge is -2.30. The van der Waals surface area contributed by atoms with Crippen LogP contribution in [0.15, 0.2) is 59.8 Å². The summed E-state index contributed by atoms with van der Waals surface area (Å²) in [6.45, 7) is 4.53. The molecule has 31 heavy (non-hydrogen) atoms. The zero-order valence-corrected chi connectivity index (χ0v) is 18.8. The van der Waals surface area contributed by atoms with Crippen molar-refractivity contribution in [2.75, 3.05) is 11.9 Å². The number of unbranched alkanes of at least 4 members (excludes halogenated alkanes) is 4. The second kappa shape index (κ2) is 9.56. The van der Waals surface area contributed by atoms with Crippen molar-refractivity contribution in [3.8, 4) is 0 Å². The maximum Gasteiger partial charge on any atom is 0.338 e. The number of fused-ring (bicyclic) bond motifs is 3. The topological polar surface area (TPSA) is 56.1 Å². The number of hydrogen-bond donors (Lipinski definition) is 1. The van der Waals surface area contributed by atoms with Gasteiger partial charge in [0.1, 0.15) is 0 Å². The molecule has 162 valence electrons. The summed E-state index contributed by atoms with van der Waals surface area (Å²) in [7, 11) is 0. The Morgan fingerprint density at radius 3 is 2.61 bits per heavy atom. The van der Waals surface area contributed by atoms with E-state index in [1.165, 1.54) is 19.3 Å². The van der Waals surface area contributed by atoms with E-state index >= 15 is 0 Å². The van der Waals surface area contributed by atoms with Gasteiger partial charge in [-0.1, -0.05) is 68.5 Å². The number of hydrogen-bond acceptors (Lipinski definition) is 4. The normalized spacial score (nSPS) is 15.6. The fraction of sp³-hybridized carbons (Fsp3) is 0.360. The fourth-order valence-corrected chi connectivity index (χ4v) is 4.26. The molecule has 1 N–H and O–H groups in total. The minimum Gasteiger partial charge on any atom is -0.462 e. The van der Waals surface area contributed by atoms with Crippen LogP contribution in [0.25, 0.3) is 11.0 Å². The third-order valence-electron chi connectivity index (χ3n) is 5.72. The number of carbonyl (C=O) groups is 1. The van der Waals surface area contributed by atoms with E-state index in [0.29, 0.717) is 17.2 Å². The highest BCUT2D eigenvalue weighted by Gasteiger charge is 2.34. The van der Waals surface area contributed by atoms with E-state index in [2.05, 4.69) is 16.8 Å². The number of esters is 1. The van der Waals surface area contributed by atoms with Gasteiger partial charge in [-0.25, -0.2) is 9.78 Å². The zero-order valence-electron chi connectivity index (χ0n) is 18.0. The van der Waals surface area contributed by atoms with Crippen molar-refractivity contribution in [3.05, 3.63) is 70.4 Å². The zero-order chi connectivity index (χ0) is 21.8. The number of ether oxygens (including phenoxy) is 1. The van der Waals surface area contributed by atoms with Crippen LogP contribution < -0.4 is 5.32 Å². The molecule has 1 atom stereocenters. The van der Waals surface area contributed by atoms with Gasteiger partial charge in [-0.05, 0) is 43.2 Å². The Bertz CT molecular complexity index is 1100. The fourth-order valence-electron chi connectivity index (χ4n) is 4.14. The van der Waals surface area contributed by atoms with E-state index in [-0.39, 0.29) is 12.0 Å². The van der Waals surface area contributed by atoms with Crippen LogP contribution >= 0.6 is 11.6 Å². The number of nitrogens with zero attached hydrogens (tertiary/aromatic N) is 2. The minimum atomic E-state index is -0.339. The van der Waals surface area contributed by atoms with Crippen LogP contribution in [0, 0.1) is 0 Å². The number of benzene rings is 2. The van der Waals surface area contributed by atoms with Crippen molar-refractivity contribution >= 4 is 34.6 Å². The number of nitrogens with one attached hydrogen (secondary N) is 1. The van der Waals surface area contributed by atoms with Crippen LogP contribution in [0.3, 0.4) is 0 Å². The summed E-state index contributed by atoms with van der Waals surface area (Å²) in [6, 6.07) is 15.2. The summed E-state index contributed by atoms with van der Waals surface area (Å²) in [5.74, 6) is 0.429. The van der Waals surface area contributed by atoms with Crippen LogP contribution in [-0.4, -0.2) is 22.1 Å². The molecule has 0 bridgehead atoms. The smallest absolute Gasteiger partial charge is 0.338 e. The maximum absolute atomic E-state index is 13.2. The molecule has 2 aromatic carbocycles. The predicted molar refractivity (Wildman–Crippen MR) is 125 cm³/mol. The molecule has 0 unspecified atom stereocenters. The molecule has 0 radical (unpaired) electrons. The molecule has 2 heterocycles. The van der Waals surface area contributed by atoms with Crippen LogP contribution in [-0.2, 0) is 9.53 Å². The summed E-state index contributed by atoms with van der Waals surface area (Å²) >= 11 is 6.14. The van der Waals surface area contributed by atoms with Gasteiger partial charge in [-0.2, -0.15) is 0 Å². The van der Waals surface area contributed by atoms with E-state index in [1.54, 1.807) is 0 Å². The van der Waals surface area contributed by atoms with Gasteiger partial charge in [-0.3, -0.25) is 4.57 Å². The highest BCUT2D eigenvalue weighted by atomic mass is 35.5. The number of anilines is 1. The molecular weight excluding hydrogens is 410 g/mol. The van der Waals surface area contributed by atoms with E-state index in [0.717, 1.165) is 41.1 Å². The van der Waals surface area contributed by atoms with Crippen molar-refractivity contribution in [1.29, 1.82) is 0 Å². The lowest BCUT2D eigenvalue weighted by Crippen LogP contribution is -2.29. The van der Waals surface area contributed by atoms with Crippen LogP contribution in [0.4, 0.5) is 5.95 Å². The van der Waals surface area contributed by atoms with Gasteiger partial charge < -0.3 is 10.1 Å². The lowest BCUT2D eigenvalue weighted by molar-refractivity contribution is -0.139. The Labute approximate surface area is 188 Å². The molecule has 4 rings (SSSR count). The molecule has 0 saturated heterocycles. The van der Waals surface area contributed by atoms with E-state index in [1.807, 2.05) is 55.5 Å². The quantitative estimate of drug-likeness (QED) is 0.323. The van der Waals surface area contributed by atoms with Crippen molar-refractivity contribution < 1.29 is 9.53 Å². The first-order valence-corrected chi connectivity index (χ1v) is 11.3. The molecule has 1 aliphatic rings. The lowest BCUT2D eigenvalue weighted by atomic mass is 9.95. The van der Waals surface area contributed by atoms with Crippen molar-refractivity contribution in [1.82, 2.24) is 9.55 Å². The number of rotatable bonds is 8. The number of imidazole rings is 1. The molecule has 5 nitrogen and oxygen atoms in total. The Hall–Kier alpha value is -2.79. The van der Waals surface area contributed by atoms with Gasteiger partial charge in [0.25, 0.3) is 0 Å². The molecule has 0 spiro atoms. The number of allylic oxidation sites excluding steroid dienone is 1. The summed E-state index contributed by atoms with van der Waals surface area (Å²) in [5, 5.41) is 3.97. The monoisotopic (exact) mass is 437 g/mol. The Morgan fingerprint density at radius 1 is 1.10 bits per heavy atom. The molecule has 0 saturated carbocycles. The van der Waals surface area contributed by atoms with Crippen LogP contribution in [0.1, 0.15) is 57.6 Å². The third-order valence-corrected chi connectivity index (χ3v) is 5.97. The van der Waals surface area contributed by atoms with Gasteiger partial charge in [0.05, 0.1) is 29.3 Å². The molecule has 0 fully saturated rings. The van der Waals surface area contributed by atoms with Crippen LogP contribution in [0.5, 0.6) is 0 Å². The SMILES string of the molecule is CCCCCCCOC(=O)C1=C(C)Nc2nc3ccccc3n2[C@@H]1c1ccc(Cl)cc1. The first-order chi connectivity index (χ1) is 15.1. The third kappa shape index (κ3) is 4.47. The average molecular weight is 438 g/mol. The van der Waals surface area contributed by atoms with Crippen molar-refractivity contribution in [2.45, 2.75) is 52.0 Å². The van der Waals surface area contributed by atoms with Crippen LogP contribution in [0.2, 0.25) is 5.02 Å². The van der Waals surface area contributed by atoms with Gasteiger partial charge in [0, 0.05) is 10.7 Å². The summed E-state index contributed by atoms with van der Waals surface area (Å²) in [6.07, 6.45) is 5.55. The first kappa shape index (κ1) is 21.4. The maximum atomic E-state index is 13.2. The van der Waals surface area contributed by atoms with E-state index in [4.69, 9.17) is 21.3 Å². The Morgan fingerprint density at radius 2 is 1.84 bits per heavy atom. The molecular formula is C25H28ClN3O2. The predicted octanol–water partition coefficient (Wildman–Crippen LogP) is 6.49. The van der Waals surface area contributed by atoms with E-state index in [9.17, 15) is 4.79 Å². The van der Waals surface area contributed by atoms with Gasteiger partial charge in [-0.15, -0.1) is 0 Å². The average Bonchev–Trinajstić information content (AvgIpc) is 3.13. The Kier molecular flexibility index (Phi) is 6.62.